The number of rotatable bonds is 4. The quantitative estimate of drug-likeness (QED) is 0.713. The first-order chi connectivity index (χ1) is 8.19. The summed E-state index contributed by atoms with van der Waals surface area (Å²) in [7, 11) is 1.67. The minimum Gasteiger partial charge on any atom is -0.497 e. The number of methoxy groups -OCH3 is 1. The number of benzene rings is 1. The highest BCUT2D eigenvalue weighted by Crippen LogP contribution is 2.33. The molecule has 0 N–H and O–H groups in total. The minimum absolute atomic E-state index is 0.0275. The SMILES string of the molecule is COc1ccc(CC(Cl)c2ccc(Br)s2)cc1. The lowest BCUT2D eigenvalue weighted by molar-refractivity contribution is 0.414. The number of ether oxygens (including phenoxy) is 1. The molecule has 2 aromatic rings. The van der Waals surface area contributed by atoms with Crippen molar-refractivity contribution in [3.63, 3.8) is 0 Å². The molecular weight excluding hydrogens is 320 g/mol. The number of hydrogen-bond donors (Lipinski definition) is 0. The van der Waals surface area contributed by atoms with Crippen LogP contribution in [0.5, 0.6) is 5.75 Å². The second-order valence-electron chi connectivity index (χ2n) is 3.66. The highest BCUT2D eigenvalue weighted by Gasteiger charge is 2.11. The average Bonchev–Trinajstić information content (AvgIpc) is 2.77. The van der Waals surface area contributed by atoms with E-state index in [0.717, 1.165) is 16.0 Å². The maximum absolute atomic E-state index is 6.39. The van der Waals surface area contributed by atoms with Gasteiger partial charge in [-0.05, 0) is 52.2 Å². The minimum atomic E-state index is 0.0275. The smallest absolute Gasteiger partial charge is 0.118 e. The average molecular weight is 332 g/mol. The molecule has 0 amide bonds. The summed E-state index contributed by atoms with van der Waals surface area (Å²) >= 11 is 11.5. The van der Waals surface area contributed by atoms with Crippen molar-refractivity contribution in [2.75, 3.05) is 7.11 Å². The van der Waals surface area contributed by atoms with E-state index in [2.05, 4.69) is 34.1 Å². The van der Waals surface area contributed by atoms with Gasteiger partial charge in [-0.25, -0.2) is 0 Å². The molecule has 2 rings (SSSR count). The zero-order valence-electron chi connectivity index (χ0n) is 9.32. The number of hydrogen-bond acceptors (Lipinski definition) is 2. The van der Waals surface area contributed by atoms with E-state index in [4.69, 9.17) is 16.3 Å². The topological polar surface area (TPSA) is 9.23 Å². The largest absolute Gasteiger partial charge is 0.497 e. The van der Waals surface area contributed by atoms with Gasteiger partial charge < -0.3 is 4.74 Å². The van der Waals surface area contributed by atoms with Gasteiger partial charge in [0.25, 0.3) is 0 Å². The van der Waals surface area contributed by atoms with Gasteiger partial charge in [-0.15, -0.1) is 22.9 Å². The van der Waals surface area contributed by atoms with Crippen molar-refractivity contribution in [3.05, 3.63) is 50.6 Å². The third-order valence-corrected chi connectivity index (χ3v) is 4.73. The van der Waals surface area contributed by atoms with Crippen LogP contribution in [-0.4, -0.2) is 7.11 Å². The number of thiophene rings is 1. The Morgan fingerprint density at radius 1 is 1.24 bits per heavy atom. The Hall–Kier alpha value is -0.510. The zero-order chi connectivity index (χ0) is 12.3. The molecule has 1 unspecified atom stereocenters. The van der Waals surface area contributed by atoms with Gasteiger partial charge in [-0.3, -0.25) is 0 Å². The third-order valence-electron chi connectivity index (χ3n) is 2.48. The van der Waals surface area contributed by atoms with Gasteiger partial charge in [-0.1, -0.05) is 12.1 Å². The van der Waals surface area contributed by atoms with Crippen LogP contribution in [0.25, 0.3) is 0 Å². The van der Waals surface area contributed by atoms with Gasteiger partial charge in [-0.2, -0.15) is 0 Å². The van der Waals surface area contributed by atoms with E-state index >= 15 is 0 Å². The molecule has 0 fully saturated rings. The van der Waals surface area contributed by atoms with Crippen molar-refractivity contribution >= 4 is 38.9 Å². The Kier molecular flexibility index (Phi) is 4.48. The second kappa shape index (κ2) is 5.89. The molecule has 0 radical (unpaired) electrons. The molecular formula is C13H12BrClOS. The van der Waals surface area contributed by atoms with Gasteiger partial charge in [0.15, 0.2) is 0 Å². The van der Waals surface area contributed by atoms with Gasteiger partial charge in [0, 0.05) is 4.88 Å². The summed E-state index contributed by atoms with van der Waals surface area (Å²) in [5.74, 6) is 0.874. The van der Waals surface area contributed by atoms with Gasteiger partial charge >= 0.3 is 0 Å². The molecule has 17 heavy (non-hydrogen) atoms. The van der Waals surface area contributed by atoms with Crippen LogP contribution in [0.1, 0.15) is 15.8 Å². The molecule has 4 heteroatoms. The Labute approximate surface area is 119 Å². The van der Waals surface area contributed by atoms with Crippen LogP contribution >= 0.6 is 38.9 Å². The molecule has 1 atom stereocenters. The summed E-state index contributed by atoms with van der Waals surface area (Å²) in [6.45, 7) is 0. The Balaban J connectivity index is 2.04. The zero-order valence-corrected chi connectivity index (χ0v) is 12.5. The highest BCUT2D eigenvalue weighted by molar-refractivity contribution is 9.11. The summed E-state index contributed by atoms with van der Waals surface area (Å²) in [5, 5.41) is 0.0275. The van der Waals surface area contributed by atoms with E-state index in [-0.39, 0.29) is 5.38 Å². The normalized spacial score (nSPS) is 12.4. The van der Waals surface area contributed by atoms with E-state index in [1.165, 1.54) is 10.4 Å². The summed E-state index contributed by atoms with van der Waals surface area (Å²) in [6, 6.07) is 12.1. The Morgan fingerprint density at radius 3 is 2.47 bits per heavy atom. The lowest BCUT2D eigenvalue weighted by Crippen LogP contribution is -1.93. The first kappa shape index (κ1) is 12.9. The predicted octanol–water partition coefficient (Wildman–Crippen LogP) is 5.04. The Bertz CT molecular complexity index is 480. The third kappa shape index (κ3) is 3.47. The number of alkyl halides is 1. The fraction of sp³-hybridized carbons (Fsp3) is 0.231. The van der Waals surface area contributed by atoms with Crippen LogP contribution in [0.15, 0.2) is 40.2 Å². The molecule has 0 saturated carbocycles. The van der Waals surface area contributed by atoms with Gasteiger partial charge in [0.2, 0.25) is 0 Å². The van der Waals surface area contributed by atoms with Crippen LogP contribution in [-0.2, 0) is 6.42 Å². The standard InChI is InChI=1S/C13H12BrClOS/c1-16-10-4-2-9(3-5-10)8-11(15)12-6-7-13(14)17-12/h2-7,11H,8H2,1H3. The lowest BCUT2D eigenvalue weighted by atomic mass is 10.1. The van der Waals surface area contributed by atoms with Crippen LogP contribution < -0.4 is 4.74 Å². The molecule has 1 heterocycles. The molecule has 1 nitrogen and oxygen atoms in total. The van der Waals surface area contributed by atoms with E-state index in [1.807, 2.05) is 18.2 Å². The summed E-state index contributed by atoms with van der Waals surface area (Å²) in [4.78, 5) is 1.19. The first-order valence-electron chi connectivity index (χ1n) is 5.21. The van der Waals surface area contributed by atoms with Crippen LogP contribution in [0.4, 0.5) is 0 Å². The van der Waals surface area contributed by atoms with Crippen molar-refractivity contribution in [1.82, 2.24) is 0 Å². The second-order valence-corrected chi connectivity index (χ2v) is 6.68. The predicted molar refractivity (Wildman–Crippen MR) is 77.3 cm³/mol. The van der Waals surface area contributed by atoms with Crippen LogP contribution in [0, 0.1) is 0 Å². The number of halogens is 2. The van der Waals surface area contributed by atoms with E-state index in [1.54, 1.807) is 18.4 Å². The molecule has 0 bridgehead atoms. The van der Waals surface area contributed by atoms with Crippen LogP contribution in [0.2, 0.25) is 0 Å². The molecule has 0 aliphatic carbocycles. The van der Waals surface area contributed by atoms with Crippen LogP contribution in [0.3, 0.4) is 0 Å². The van der Waals surface area contributed by atoms with Crippen molar-refractivity contribution in [2.45, 2.75) is 11.8 Å². The highest BCUT2D eigenvalue weighted by atomic mass is 79.9. The van der Waals surface area contributed by atoms with Crippen molar-refractivity contribution in [3.8, 4) is 5.75 Å². The van der Waals surface area contributed by atoms with Gasteiger partial charge in [0.05, 0.1) is 16.3 Å². The fourth-order valence-corrected chi connectivity index (χ4v) is 3.35. The maximum atomic E-state index is 6.39. The molecule has 1 aromatic carbocycles. The molecule has 0 saturated heterocycles. The summed E-state index contributed by atoms with van der Waals surface area (Å²) in [5.41, 5.74) is 1.22. The van der Waals surface area contributed by atoms with Crippen molar-refractivity contribution < 1.29 is 4.74 Å². The molecule has 0 spiro atoms. The Morgan fingerprint density at radius 2 is 1.94 bits per heavy atom. The summed E-state index contributed by atoms with van der Waals surface area (Å²) < 4.78 is 6.24. The lowest BCUT2D eigenvalue weighted by Gasteiger charge is -2.08. The molecule has 90 valence electrons. The van der Waals surface area contributed by atoms with E-state index in [9.17, 15) is 0 Å². The van der Waals surface area contributed by atoms with E-state index in [0.29, 0.717) is 0 Å². The van der Waals surface area contributed by atoms with Gasteiger partial charge in [0.1, 0.15) is 5.75 Å². The first-order valence-corrected chi connectivity index (χ1v) is 7.26. The maximum Gasteiger partial charge on any atom is 0.118 e. The fourth-order valence-electron chi connectivity index (χ4n) is 1.57. The monoisotopic (exact) mass is 330 g/mol. The van der Waals surface area contributed by atoms with Crippen molar-refractivity contribution in [2.24, 2.45) is 0 Å². The van der Waals surface area contributed by atoms with Crippen molar-refractivity contribution in [1.29, 1.82) is 0 Å². The molecule has 1 aromatic heterocycles. The molecule has 0 aliphatic heterocycles. The summed E-state index contributed by atoms with van der Waals surface area (Å²) in [6.07, 6.45) is 0.832. The van der Waals surface area contributed by atoms with E-state index < -0.39 is 0 Å². The molecule has 0 aliphatic rings.